The number of carbonyl (C=O) groups excluding carboxylic acids is 1. The number of nitrogens with zero attached hydrogens (tertiary/aromatic N) is 2. The number of benzene rings is 2. The predicted molar refractivity (Wildman–Crippen MR) is 92.3 cm³/mol. The van der Waals surface area contributed by atoms with Gasteiger partial charge in [-0.2, -0.15) is 5.26 Å². The van der Waals surface area contributed by atoms with Crippen LogP contribution in [0.4, 0.5) is 0 Å². The molecule has 0 unspecified atom stereocenters. The van der Waals surface area contributed by atoms with Crippen LogP contribution < -0.4 is 0 Å². The van der Waals surface area contributed by atoms with Crippen molar-refractivity contribution < 1.29 is 4.79 Å². The summed E-state index contributed by atoms with van der Waals surface area (Å²) in [5.41, 5.74) is 3.24. The van der Waals surface area contributed by atoms with Crippen molar-refractivity contribution in [2.75, 3.05) is 6.54 Å². The van der Waals surface area contributed by atoms with E-state index in [0.29, 0.717) is 19.5 Å². The zero-order chi connectivity index (χ0) is 16.5. The van der Waals surface area contributed by atoms with Crippen molar-refractivity contribution in [2.45, 2.75) is 19.9 Å². The number of rotatable bonds is 6. The van der Waals surface area contributed by atoms with E-state index in [4.69, 9.17) is 5.26 Å². The minimum atomic E-state index is -0.0790. The van der Waals surface area contributed by atoms with Crippen LogP contribution in [-0.4, -0.2) is 17.4 Å². The third-order valence-electron chi connectivity index (χ3n) is 3.52. The highest BCUT2D eigenvalue weighted by Crippen LogP contribution is 2.09. The Labute approximate surface area is 137 Å². The van der Waals surface area contributed by atoms with Crippen molar-refractivity contribution in [3.63, 3.8) is 0 Å². The molecule has 3 heteroatoms. The largest absolute Gasteiger partial charge is 0.334 e. The summed E-state index contributed by atoms with van der Waals surface area (Å²) < 4.78 is 0. The van der Waals surface area contributed by atoms with Gasteiger partial charge < -0.3 is 4.90 Å². The first-order valence-corrected chi connectivity index (χ1v) is 7.63. The summed E-state index contributed by atoms with van der Waals surface area (Å²) >= 11 is 0. The van der Waals surface area contributed by atoms with Crippen LogP contribution in [0.25, 0.3) is 6.08 Å². The average molecular weight is 304 g/mol. The van der Waals surface area contributed by atoms with Crippen LogP contribution >= 0.6 is 0 Å². The minimum Gasteiger partial charge on any atom is -0.334 e. The SMILES string of the molecule is Cc1ccc(/C=C/C(=O)N(CCC#N)Cc2ccccc2)cc1. The maximum absolute atomic E-state index is 12.4. The van der Waals surface area contributed by atoms with Gasteiger partial charge in [-0.05, 0) is 24.1 Å². The molecule has 0 atom stereocenters. The molecule has 116 valence electrons. The van der Waals surface area contributed by atoms with Gasteiger partial charge in [-0.15, -0.1) is 0 Å². The lowest BCUT2D eigenvalue weighted by molar-refractivity contribution is -0.126. The fourth-order valence-electron chi connectivity index (χ4n) is 2.21. The maximum atomic E-state index is 12.4. The van der Waals surface area contributed by atoms with E-state index in [-0.39, 0.29) is 5.91 Å². The molecule has 0 heterocycles. The molecule has 0 saturated heterocycles. The summed E-state index contributed by atoms with van der Waals surface area (Å²) in [5, 5.41) is 8.79. The molecule has 0 aliphatic carbocycles. The first-order chi connectivity index (χ1) is 11.2. The molecule has 0 aromatic heterocycles. The number of carbonyl (C=O) groups is 1. The summed E-state index contributed by atoms with van der Waals surface area (Å²) in [5.74, 6) is -0.0790. The Bertz CT molecular complexity index is 697. The molecule has 2 aromatic carbocycles. The van der Waals surface area contributed by atoms with Crippen molar-refractivity contribution >= 4 is 12.0 Å². The summed E-state index contributed by atoms with van der Waals surface area (Å²) in [4.78, 5) is 14.1. The molecule has 1 amide bonds. The van der Waals surface area contributed by atoms with Crippen molar-refractivity contribution in [1.82, 2.24) is 4.90 Å². The van der Waals surface area contributed by atoms with Crippen LogP contribution in [-0.2, 0) is 11.3 Å². The van der Waals surface area contributed by atoms with Gasteiger partial charge in [-0.1, -0.05) is 60.2 Å². The zero-order valence-corrected chi connectivity index (χ0v) is 13.3. The van der Waals surface area contributed by atoms with Crippen LogP contribution in [0.2, 0.25) is 0 Å². The van der Waals surface area contributed by atoms with E-state index in [1.807, 2.05) is 67.6 Å². The van der Waals surface area contributed by atoms with Gasteiger partial charge in [-0.3, -0.25) is 4.79 Å². The first-order valence-electron chi connectivity index (χ1n) is 7.63. The molecule has 0 aliphatic heterocycles. The first kappa shape index (κ1) is 16.5. The Hall–Kier alpha value is -2.86. The van der Waals surface area contributed by atoms with Crippen LogP contribution in [0.3, 0.4) is 0 Å². The van der Waals surface area contributed by atoms with Gasteiger partial charge in [0.25, 0.3) is 0 Å². The molecule has 0 spiro atoms. The van der Waals surface area contributed by atoms with Crippen LogP contribution in [0, 0.1) is 18.3 Å². The second-order valence-electron chi connectivity index (χ2n) is 5.40. The molecule has 0 saturated carbocycles. The van der Waals surface area contributed by atoms with Gasteiger partial charge in [0.15, 0.2) is 0 Å². The van der Waals surface area contributed by atoms with Crippen LogP contribution in [0.15, 0.2) is 60.7 Å². The van der Waals surface area contributed by atoms with Gasteiger partial charge in [0.05, 0.1) is 12.5 Å². The molecule has 0 fully saturated rings. The topological polar surface area (TPSA) is 44.1 Å². The number of aryl methyl sites for hydroxylation is 1. The van der Waals surface area contributed by atoms with Gasteiger partial charge in [0.2, 0.25) is 5.91 Å². The maximum Gasteiger partial charge on any atom is 0.246 e. The monoisotopic (exact) mass is 304 g/mol. The molecule has 0 bridgehead atoms. The lowest BCUT2D eigenvalue weighted by Crippen LogP contribution is -2.29. The third-order valence-corrected chi connectivity index (χ3v) is 3.52. The molecular formula is C20H20N2O. The van der Waals surface area contributed by atoms with Gasteiger partial charge >= 0.3 is 0 Å². The molecule has 2 aromatic rings. The van der Waals surface area contributed by atoms with Gasteiger partial charge in [0.1, 0.15) is 0 Å². The average Bonchev–Trinajstić information content (AvgIpc) is 2.58. The fourth-order valence-corrected chi connectivity index (χ4v) is 2.21. The highest BCUT2D eigenvalue weighted by atomic mass is 16.2. The lowest BCUT2D eigenvalue weighted by Gasteiger charge is -2.20. The normalized spacial score (nSPS) is 10.4. The van der Waals surface area contributed by atoms with E-state index in [2.05, 4.69) is 6.07 Å². The highest BCUT2D eigenvalue weighted by Gasteiger charge is 2.10. The Kier molecular flexibility index (Phi) is 6.14. The van der Waals surface area contributed by atoms with Crippen molar-refractivity contribution in [3.05, 3.63) is 77.4 Å². The van der Waals surface area contributed by atoms with E-state index in [9.17, 15) is 4.79 Å². The third kappa shape index (κ3) is 5.44. The number of nitriles is 1. The van der Waals surface area contributed by atoms with Crippen LogP contribution in [0.1, 0.15) is 23.1 Å². The molecule has 3 nitrogen and oxygen atoms in total. The summed E-state index contributed by atoms with van der Waals surface area (Å²) in [6.45, 7) is 2.98. The van der Waals surface area contributed by atoms with Gasteiger partial charge in [-0.25, -0.2) is 0 Å². The van der Waals surface area contributed by atoms with E-state index in [1.54, 1.807) is 11.0 Å². The van der Waals surface area contributed by atoms with E-state index in [1.165, 1.54) is 5.56 Å². The Morgan fingerprint density at radius 3 is 2.48 bits per heavy atom. The molecule has 2 rings (SSSR count). The molecule has 0 aliphatic rings. The predicted octanol–water partition coefficient (Wildman–Crippen LogP) is 3.95. The molecule has 0 N–H and O–H groups in total. The van der Waals surface area contributed by atoms with Crippen molar-refractivity contribution in [3.8, 4) is 6.07 Å². The van der Waals surface area contributed by atoms with Gasteiger partial charge in [0, 0.05) is 19.2 Å². The molecule has 23 heavy (non-hydrogen) atoms. The summed E-state index contributed by atoms with van der Waals surface area (Å²) in [6.07, 6.45) is 3.72. The zero-order valence-electron chi connectivity index (χ0n) is 13.3. The van der Waals surface area contributed by atoms with E-state index >= 15 is 0 Å². The molecule has 0 radical (unpaired) electrons. The van der Waals surface area contributed by atoms with Crippen molar-refractivity contribution in [1.29, 1.82) is 5.26 Å². The van der Waals surface area contributed by atoms with E-state index in [0.717, 1.165) is 11.1 Å². The minimum absolute atomic E-state index is 0.0790. The quantitative estimate of drug-likeness (QED) is 0.758. The Morgan fingerprint density at radius 1 is 1.13 bits per heavy atom. The summed E-state index contributed by atoms with van der Waals surface area (Å²) in [7, 11) is 0. The summed E-state index contributed by atoms with van der Waals surface area (Å²) in [6, 6.07) is 19.9. The van der Waals surface area contributed by atoms with Crippen molar-refractivity contribution in [2.24, 2.45) is 0 Å². The fraction of sp³-hybridized carbons (Fsp3) is 0.200. The Balaban J connectivity index is 2.06. The standard InChI is InChI=1S/C20H20N2O/c1-17-8-10-18(11-9-17)12-13-20(23)22(15-5-14-21)16-19-6-3-2-4-7-19/h2-4,6-13H,5,15-16H2,1H3/b13-12+. The second-order valence-corrected chi connectivity index (χ2v) is 5.40. The second kappa shape index (κ2) is 8.55. The number of amides is 1. The lowest BCUT2D eigenvalue weighted by atomic mass is 10.1. The van der Waals surface area contributed by atoms with E-state index < -0.39 is 0 Å². The Morgan fingerprint density at radius 2 is 1.83 bits per heavy atom. The smallest absolute Gasteiger partial charge is 0.246 e. The van der Waals surface area contributed by atoms with Crippen LogP contribution in [0.5, 0.6) is 0 Å². The molecular weight excluding hydrogens is 284 g/mol. The highest BCUT2D eigenvalue weighted by molar-refractivity contribution is 5.91. The number of hydrogen-bond acceptors (Lipinski definition) is 2. The number of hydrogen-bond donors (Lipinski definition) is 0.